The number of aromatic amines is 1. The zero-order valence-corrected chi connectivity index (χ0v) is 10.5. The summed E-state index contributed by atoms with van der Waals surface area (Å²) in [5.41, 5.74) is 2.52. The number of para-hydroxylation sites is 1. The van der Waals surface area contributed by atoms with Gasteiger partial charge in [-0.2, -0.15) is 0 Å². The second-order valence-electron chi connectivity index (χ2n) is 4.82. The van der Waals surface area contributed by atoms with E-state index in [4.69, 9.17) is 0 Å². The van der Waals surface area contributed by atoms with Crippen LogP contribution in [-0.4, -0.2) is 36.1 Å². The highest BCUT2D eigenvalue weighted by Crippen LogP contribution is 2.25. The molecule has 1 aromatic carbocycles. The highest BCUT2D eigenvalue weighted by Gasteiger charge is 2.23. The highest BCUT2D eigenvalue weighted by atomic mass is 15.2. The number of hydrogen-bond donors (Lipinski definition) is 2. The zero-order chi connectivity index (χ0) is 12.4. The summed E-state index contributed by atoms with van der Waals surface area (Å²) in [6.45, 7) is 7.94. The van der Waals surface area contributed by atoms with Crippen LogP contribution in [0.1, 0.15) is 11.7 Å². The Bertz CT molecular complexity index is 510. The Kier molecular flexibility index (Phi) is 3.17. The molecule has 0 radical (unpaired) electrons. The van der Waals surface area contributed by atoms with Crippen LogP contribution >= 0.6 is 0 Å². The normalized spacial score (nSPS) is 21.2. The maximum Gasteiger partial charge on any atom is 0.0627 e. The monoisotopic (exact) mass is 241 g/mol. The maximum atomic E-state index is 3.85. The van der Waals surface area contributed by atoms with Gasteiger partial charge in [0.1, 0.15) is 0 Å². The molecule has 2 heterocycles. The van der Waals surface area contributed by atoms with Gasteiger partial charge in [-0.25, -0.2) is 0 Å². The van der Waals surface area contributed by atoms with Crippen LogP contribution in [0.25, 0.3) is 10.9 Å². The lowest BCUT2D eigenvalue weighted by Gasteiger charge is -2.34. The second-order valence-corrected chi connectivity index (χ2v) is 4.82. The standard InChI is InChI=1S/C15H19N3/c1-2-8-18-9-7-16-11-15(18)14-10-12-5-3-4-6-13(12)17-14/h2-6,10,15-17H,1,7-9,11H2. The van der Waals surface area contributed by atoms with Crippen LogP contribution in [0.3, 0.4) is 0 Å². The van der Waals surface area contributed by atoms with Gasteiger partial charge in [0, 0.05) is 37.4 Å². The lowest BCUT2D eigenvalue weighted by atomic mass is 10.1. The average molecular weight is 241 g/mol. The molecule has 0 bridgehead atoms. The van der Waals surface area contributed by atoms with E-state index in [9.17, 15) is 0 Å². The van der Waals surface area contributed by atoms with E-state index >= 15 is 0 Å². The van der Waals surface area contributed by atoms with Gasteiger partial charge in [0.15, 0.2) is 0 Å². The minimum atomic E-state index is 0.421. The van der Waals surface area contributed by atoms with Gasteiger partial charge in [-0.1, -0.05) is 24.3 Å². The van der Waals surface area contributed by atoms with Gasteiger partial charge < -0.3 is 10.3 Å². The third-order valence-electron chi connectivity index (χ3n) is 3.63. The minimum absolute atomic E-state index is 0.421. The van der Waals surface area contributed by atoms with Crippen molar-refractivity contribution in [3.8, 4) is 0 Å². The summed E-state index contributed by atoms with van der Waals surface area (Å²) in [4.78, 5) is 6.00. The fourth-order valence-electron chi connectivity index (χ4n) is 2.71. The van der Waals surface area contributed by atoms with Gasteiger partial charge in [0.05, 0.1) is 6.04 Å². The van der Waals surface area contributed by atoms with Crippen LogP contribution in [0.15, 0.2) is 43.0 Å². The Morgan fingerprint density at radius 2 is 2.28 bits per heavy atom. The summed E-state index contributed by atoms with van der Waals surface area (Å²) >= 11 is 0. The number of aromatic nitrogens is 1. The third-order valence-corrected chi connectivity index (χ3v) is 3.63. The molecule has 3 rings (SSSR count). The number of hydrogen-bond acceptors (Lipinski definition) is 2. The first-order valence-electron chi connectivity index (χ1n) is 6.52. The Morgan fingerprint density at radius 1 is 1.39 bits per heavy atom. The number of nitrogens with zero attached hydrogens (tertiary/aromatic N) is 1. The predicted molar refractivity (Wildman–Crippen MR) is 75.7 cm³/mol. The van der Waals surface area contributed by atoms with E-state index in [2.05, 4.69) is 52.1 Å². The number of rotatable bonds is 3. The van der Waals surface area contributed by atoms with E-state index in [-0.39, 0.29) is 0 Å². The van der Waals surface area contributed by atoms with Crippen molar-refractivity contribution < 1.29 is 0 Å². The van der Waals surface area contributed by atoms with Gasteiger partial charge >= 0.3 is 0 Å². The minimum Gasteiger partial charge on any atom is -0.357 e. The third kappa shape index (κ3) is 2.07. The Labute approximate surface area is 107 Å². The maximum absolute atomic E-state index is 3.85. The zero-order valence-electron chi connectivity index (χ0n) is 10.5. The van der Waals surface area contributed by atoms with E-state index in [1.165, 1.54) is 16.6 Å². The first kappa shape index (κ1) is 11.5. The predicted octanol–water partition coefficient (Wildman–Crippen LogP) is 2.30. The summed E-state index contributed by atoms with van der Waals surface area (Å²) in [6, 6.07) is 11.1. The molecule has 1 aliphatic rings. The fourth-order valence-corrected chi connectivity index (χ4v) is 2.71. The van der Waals surface area contributed by atoms with E-state index in [1.54, 1.807) is 0 Å². The van der Waals surface area contributed by atoms with Crippen LogP contribution in [0.4, 0.5) is 0 Å². The molecule has 1 fully saturated rings. The molecular formula is C15H19N3. The first-order chi connectivity index (χ1) is 8.88. The fraction of sp³-hybridized carbons (Fsp3) is 0.333. The molecule has 1 saturated heterocycles. The SMILES string of the molecule is C=CCN1CCNCC1c1cc2ccccc2[nH]1. The molecule has 0 aliphatic carbocycles. The van der Waals surface area contributed by atoms with Crippen LogP contribution in [-0.2, 0) is 0 Å². The van der Waals surface area contributed by atoms with E-state index in [0.29, 0.717) is 6.04 Å². The van der Waals surface area contributed by atoms with Crippen molar-refractivity contribution in [3.05, 3.63) is 48.7 Å². The van der Waals surface area contributed by atoms with Crippen molar-refractivity contribution in [3.63, 3.8) is 0 Å². The molecule has 1 aromatic heterocycles. The van der Waals surface area contributed by atoms with Crippen LogP contribution in [0.5, 0.6) is 0 Å². The largest absolute Gasteiger partial charge is 0.357 e. The van der Waals surface area contributed by atoms with Gasteiger partial charge in [0.25, 0.3) is 0 Å². The number of piperazine rings is 1. The van der Waals surface area contributed by atoms with E-state index in [0.717, 1.165) is 26.2 Å². The molecule has 1 unspecified atom stereocenters. The summed E-state index contributed by atoms with van der Waals surface area (Å²) in [5, 5.41) is 4.76. The van der Waals surface area contributed by atoms with Crippen molar-refractivity contribution in [2.45, 2.75) is 6.04 Å². The van der Waals surface area contributed by atoms with Crippen molar-refractivity contribution in [2.24, 2.45) is 0 Å². The highest BCUT2D eigenvalue weighted by molar-refractivity contribution is 5.80. The quantitative estimate of drug-likeness (QED) is 0.808. The molecule has 3 nitrogen and oxygen atoms in total. The van der Waals surface area contributed by atoms with Crippen LogP contribution in [0.2, 0.25) is 0 Å². The number of nitrogens with one attached hydrogen (secondary N) is 2. The molecule has 0 spiro atoms. The second kappa shape index (κ2) is 4.96. The summed E-state index contributed by atoms with van der Waals surface area (Å²) in [6.07, 6.45) is 1.99. The summed E-state index contributed by atoms with van der Waals surface area (Å²) in [5.74, 6) is 0. The van der Waals surface area contributed by atoms with Crippen molar-refractivity contribution in [1.29, 1.82) is 0 Å². The number of H-pyrrole nitrogens is 1. The first-order valence-corrected chi connectivity index (χ1v) is 6.52. The molecule has 94 valence electrons. The Hall–Kier alpha value is -1.58. The summed E-state index contributed by atoms with van der Waals surface area (Å²) in [7, 11) is 0. The van der Waals surface area contributed by atoms with Gasteiger partial charge in [-0.05, 0) is 17.5 Å². The van der Waals surface area contributed by atoms with E-state index < -0.39 is 0 Å². The van der Waals surface area contributed by atoms with Gasteiger partial charge in [-0.3, -0.25) is 4.90 Å². The van der Waals surface area contributed by atoms with Crippen molar-refractivity contribution >= 4 is 10.9 Å². The topological polar surface area (TPSA) is 31.1 Å². The number of benzene rings is 1. The summed E-state index contributed by atoms with van der Waals surface area (Å²) < 4.78 is 0. The Morgan fingerprint density at radius 3 is 3.11 bits per heavy atom. The lowest BCUT2D eigenvalue weighted by molar-refractivity contribution is 0.177. The smallest absolute Gasteiger partial charge is 0.0627 e. The Balaban J connectivity index is 1.93. The average Bonchev–Trinajstić information content (AvgIpc) is 2.83. The van der Waals surface area contributed by atoms with Crippen molar-refractivity contribution in [2.75, 3.05) is 26.2 Å². The lowest BCUT2D eigenvalue weighted by Crippen LogP contribution is -2.46. The molecule has 0 amide bonds. The molecule has 18 heavy (non-hydrogen) atoms. The molecule has 3 heteroatoms. The number of fused-ring (bicyclic) bond motifs is 1. The molecule has 0 saturated carbocycles. The van der Waals surface area contributed by atoms with Crippen molar-refractivity contribution in [1.82, 2.24) is 15.2 Å². The molecular weight excluding hydrogens is 222 g/mol. The van der Waals surface area contributed by atoms with Crippen LogP contribution < -0.4 is 5.32 Å². The van der Waals surface area contributed by atoms with Gasteiger partial charge in [-0.15, -0.1) is 6.58 Å². The van der Waals surface area contributed by atoms with E-state index in [1.807, 2.05) is 6.08 Å². The molecule has 2 aromatic rings. The van der Waals surface area contributed by atoms with Gasteiger partial charge in [0.2, 0.25) is 0 Å². The molecule has 1 atom stereocenters. The molecule has 2 N–H and O–H groups in total. The molecule has 1 aliphatic heterocycles. The van der Waals surface area contributed by atoms with Crippen LogP contribution in [0, 0.1) is 0 Å².